The SMILES string of the molecule is CCN(CCC1CCC2(CCC(C(C)(C)CC(C)C)CC2)O1)CC(C)C. The smallest absolute Gasteiger partial charge is 0.0687 e. The van der Waals surface area contributed by atoms with Gasteiger partial charge >= 0.3 is 0 Å². The van der Waals surface area contributed by atoms with Crippen molar-refractivity contribution in [2.24, 2.45) is 23.2 Å². The van der Waals surface area contributed by atoms with E-state index < -0.39 is 0 Å². The van der Waals surface area contributed by atoms with E-state index >= 15 is 0 Å². The lowest BCUT2D eigenvalue weighted by atomic mass is 9.64. The normalized spacial score (nSPS) is 30.2. The van der Waals surface area contributed by atoms with Crippen LogP contribution in [0.15, 0.2) is 0 Å². The van der Waals surface area contributed by atoms with E-state index in [-0.39, 0.29) is 5.60 Å². The molecule has 0 radical (unpaired) electrons. The average molecular weight is 366 g/mol. The first-order chi connectivity index (χ1) is 12.2. The molecule has 0 N–H and O–H groups in total. The summed E-state index contributed by atoms with van der Waals surface area (Å²) >= 11 is 0. The van der Waals surface area contributed by atoms with Crippen LogP contribution in [0.3, 0.4) is 0 Å². The summed E-state index contributed by atoms with van der Waals surface area (Å²) < 4.78 is 6.71. The van der Waals surface area contributed by atoms with Crippen LogP contribution in [-0.2, 0) is 4.74 Å². The topological polar surface area (TPSA) is 12.5 Å². The summed E-state index contributed by atoms with van der Waals surface area (Å²) in [6, 6.07) is 0. The molecule has 2 fully saturated rings. The van der Waals surface area contributed by atoms with E-state index in [2.05, 4.69) is 53.4 Å². The Morgan fingerprint density at radius 1 is 1.00 bits per heavy atom. The number of ether oxygens (including phenoxy) is 1. The van der Waals surface area contributed by atoms with Crippen LogP contribution in [0.25, 0.3) is 0 Å². The van der Waals surface area contributed by atoms with Gasteiger partial charge in [0.2, 0.25) is 0 Å². The first-order valence-electron chi connectivity index (χ1n) is 11.6. The van der Waals surface area contributed by atoms with E-state index in [1.165, 1.54) is 71.0 Å². The predicted octanol–water partition coefficient (Wildman–Crippen LogP) is 6.53. The molecule has 0 amide bonds. The molecule has 2 aliphatic rings. The van der Waals surface area contributed by atoms with Gasteiger partial charge in [0.25, 0.3) is 0 Å². The maximum Gasteiger partial charge on any atom is 0.0687 e. The molecule has 154 valence electrons. The summed E-state index contributed by atoms with van der Waals surface area (Å²) in [6.07, 6.45) is 11.1. The van der Waals surface area contributed by atoms with Gasteiger partial charge in [0, 0.05) is 13.1 Å². The van der Waals surface area contributed by atoms with Crippen molar-refractivity contribution in [1.82, 2.24) is 4.90 Å². The van der Waals surface area contributed by atoms with Crippen molar-refractivity contribution in [3.8, 4) is 0 Å². The Kier molecular flexibility index (Phi) is 8.04. The van der Waals surface area contributed by atoms with Crippen LogP contribution in [0.2, 0.25) is 0 Å². The predicted molar refractivity (Wildman–Crippen MR) is 114 cm³/mol. The van der Waals surface area contributed by atoms with Crippen LogP contribution in [0, 0.1) is 23.2 Å². The van der Waals surface area contributed by atoms with Crippen LogP contribution in [-0.4, -0.2) is 36.2 Å². The largest absolute Gasteiger partial charge is 0.372 e. The van der Waals surface area contributed by atoms with E-state index in [1.54, 1.807) is 0 Å². The van der Waals surface area contributed by atoms with Crippen LogP contribution < -0.4 is 0 Å². The lowest BCUT2D eigenvalue weighted by Crippen LogP contribution is -2.39. The van der Waals surface area contributed by atoms with E-state index in [0.717, 1.165) is 17.8 Å². The van der Waals surface area contributed by atoms with E-state index in [0.29, 0.717) is 11.5 Å². The van der Waals surface area contributed by atoms with Gasteiger partial charge in [-0.25, -0.2) is 0 Å². The Balaban J connectivity index is 1.78. The maximum absolute atomic E-state index is 6.71. The fourth-order valence-corrected chi connectivity index (χ4v) is 5.83. The molecule has 1 heterocycles. The third-order valence-electron chi connectivity index (χ3n) is 7.11. The minimum absolute atomic E-state index is 0.240. The highest BCUT2D eigenvalue weighted by molar-refractivity contribution is 4.96. The summed E-state index contributed by atoms with van der Waals surface area (Å²) in [7, 11) is 0. The molecule has 26 heavy (non-hydrogen) atoms. The maximum atomic E-state index is 6.71. The van der Waals surface area contributed by atoms with Gasteiger partial charge in [-0.2, -0.15) is 0 Å². The van der Waals surface area contributed by atoms with Crippen molar-refractivity contribution < 1.29 is 4.74 Å². The van der Waals surface area contributed by atoms with Crippen molar-refractivity contribution >= 4 is 0 Å². The number of rotatable bonds is 9. The molecule has 1 aliphatic carbocycles. The van der Waals surface area contributed by atoms with E-state index in [9.17, 15) is 0 Å². The van der Waals surface area contributed by atoms with Crippen molar-refractivity contribution in [2.45, 2.75) is 112 Å². The molecule has 0 bridgehead atoms. The molecule has 1 atom stereocenters. The van der Waals surface area contributed by atoms with Crippen LogP contribution >= 0.6 is 0 Å². The second kappa shape index (κ2) is 9.41. The molecule has 2 heteroatoms. The van der Waals surface area contributed by atoms with Gasteiger partial charge in [-0.1, -0.05) is 48.5 Å². The molecule has 1 unspecified atom stereocenters. The monoisotopic (exact) mass is 365 g/mol. The third kappa shape index (κ3) is 6.23. The molecule has 2 rings (SSSR count). The fourth-order valence-electron chi connectivity index (χ4n) is 5.83. The molecule has 0 aromatic carbocycles. The van der Waals surface area contributed by atoms with Gasteiger partial charge in [-0.3, -0.25) is 0 Å². The third-order valence-corrected chi connectivity index (χ3v) is 7.11. The second-order valence-corrected chi connectivity index (χ2v) is 10.9. The molecular formula is C24H47NO. The van der Waals surface area contributed by atoms with Gasteiger partial charge < -0.3 is 9.64 Å². The average Bonchev–Trinajstić information content (AvgIpc) is 2.93. The van der Waals surface area contributed by atoms with Gasteiger partial charge in [-0.15, -0.1) is 0 Å². The lowest BCUT2D eigenvalue weighted by molar-refractivity contribution is -0.0846. The zero-order valence-electron chi connectivity index (χ0n) is 18.9. The summed E-state index contributed by atoms with van der Waals surface area (Å²) in [5.74, 6) is 2.45. The Morgan fingerprint density at radius 3 is 2.15 bits per heavy atom. The summed E-state index contributed by atoms with van der Waals surface area (Å²) in [5, 5.41) is 0. The van der Waals surface area contributed by atoms with Crippen molar-refractivity contribution in [2.75, 3.05) is 19.6 Å². The van der Waals surface area contributed by atoms with Crippen molar-refractivity contribution in [3.63, 3.8) is 0 Å². The highest BCUT2D eigenvalue weighted by atomic mass is 16.5. The Labute approximate surface area is 164 Å². The van der Waals surface area contributed by atoms with Crippen molar-refractivity contribution in [3.05, 3.63) is 0 Å². The zero-order valence-corrected chi connectivity index (χ0v) is 18.9. The lowest BCUT2D eigenvalue weighted by Gasteiger charge is -2.44. The highest BCUT2D eigenvalue weighted by Gasteiger charge is 2.45. The molecular weight excluding hydrogens is 318 g/mol. The zero-order chi connectivity index (χ0) is 19.4. The first kappa shape index (κ1) is 22.2. The van der Waals surface area contributed by atoms with Gasteiger partial charge in [0.05, 0.1) is 11.7 Å². The Bertz CT molecular complexity index is 406. The highest BCUT2D eigenvalue weighted by Crippen LogP contribution is 2.49. The molecule has 1 saturated carbocycles. The summed E-state index contributed by atoms with van der Waals surface area (Å²) in [4.78, 5) is 2.60. The number of hydrogen-bond donors (Lipinski definition) is 0. The molecule has 0 aromatic rings. The minimum atomic E-state index is 0.240. The van der Waals surface area contributed by atoms with E-state index in [1.807, 2.05) is 0 Å². The van der Waals surface area contributed by atoms with Crippen LogP contribution in [0.1, 0.15) is 99.8 Å². The first-order valence-corrected chi connectivity index (χ1v) is 11.6. The Morgan fingerprint density at radius 2 is 1.62 bits per heavy atom. The molecule has 0 aromatic heterocycles. The number of nitrogens with zero attached hydrogens (tertiary/aromatic N) is 1. The molecule has 1 saturated heterocycles. The quantitative estimate of drug-likeness (QED) is 0.460. The number of hydrogen-bond acceptors (Lipinski definition) is 2. The summed E-state index contributed by atoms with van der Waals surface area (Å²) in [6.45, 7) is 20.3. The standard InChI is InChI=1S/C24H47NO/c1-8-25(18-20(4)5)16-12-22-11-15-24(26-22)13-9-21(10-14-24)23(6,7)17-19(2)3/h19-22H,8-18H2,1-7H3. The van der Waals surface area contributed by atoms with E-state index in [4.69, 9.17) is 4.74 Å². The minimum Gasteiger partial charge on any atom is -0.372 e. The van der Waals surface area contributed by atoms with Crippen molar-refractivity contribution in [1.29, 1.82) is 0 Å². The van der Waals surface area contributed by atoms with Gasteiger partial charge in [0.15, 0.2) is 0 Å². The second-order valence-electron chi connectivity index (χ2n) is 10.9. The van der Waals surface area contributed by atoms with Crippen LogP contribution in [0.5, 0.6) is 0 Å². The van der Waals surface area contributed by atoms with Gasteiger partial charge in [-0.05, 0) is 81.1 Å². The molecule has 1 aliphatic heterocycles. The van der Waals surface area contributed by atoms with Crippen LogP contribution in [0.4, 0.5) is 0 Å². The molecule has 1 spiro atoms. The fraction of sp³-hybridized carbons (Fsp3) is 1.00. The summed E-state index contributed by atoms with van der Waals surface area (Å²) in [5.41, 5.74) is 0.733. The van der Waals surface area contributed by atoms with Gasteiger partial charge in [0.1, 0.15) is 0 Å². The molecule has 2 nitrogen and oxygen atoms in total. The Hall–Kier alpha value is -0.0800.